The Bertz CT molecular complexity index is 492. The molecule has 1 N–H and O–H groups in total. The van der Waals surface area contributed by atoms with Gasteiger partial charge in [-0.25, -0.2) is 4.98 Å². The largest absolute Gasteiger partial charge is 0.365 e. The number of aromatic nitrogens is 1. The van der Waals surface area contributed by atoms with Crippen LogP contribution in [0.4, 0.5) is 10.1 Å². The van der Waals surface area contributed by atoms with Crippen LogP contribution in [0.25, 0.3) is 10.4 Å². The van der Waals surface area contributed by atoms with E-state index in [0.717, 1.165) is 26.9 Å². The van der Waals surface area contributed by atoms with E-state index in [-0.39, 0.29) is 9.92 Å². The Labute approximate surface area is 93.6 Å². The van der Waals surface area contributed by atoms with Gasteiger partial charge in [-0.05, 0) is 0 Å². The smallest absolute Gasteiger partial charge is 0.324 e. The molecule has 78 valence electrons. The van der Waals surface area contributed by atoms with Gasteiger partial charge in [-0.3, -0.25) is 10.1 Å². The predicted molar refractivity (Wildman–Crippen MR) is 61.6 cm³/mol. The van der Waals surface area contributed by atoms with Crippen LogP contribution in [0, 0.1) is 10.1 Å². The lowest BCUT2D eigenvalue weighted by Crippen LogP contribution is -1.83. The average molecular weight is 241 g/mol. The molecule has 2 rings (SSSR count). The first-order valence-electron chi connectivity index (χ1n) is 4.07. The molecule has 0 aliphatic carbocycles. The van der Waals surface area contributed by atoms with Crippen molar-refractivity contribution in [1.29, 1.82) is 0 Å². The van der Waals surface area contributed by atoms with Gasteiger partial charge in [0, 0.05) is 30.3 Å². The number of hydrogen-bond acceptors (Lipinski definition) is 6. The number of hydrogen-bond donors (Lipinski definition) is 1. The van der Waals surface area contributed by atoms with Gasteiger partial charge in [-0.2, -0.15) is 0 Å². The zero-order valence-corrected chi connectivity index (χ0v) is 9.39. The van der Waals surface area contributed by atoms with E-state index in [1.807, 2.05) is 0 Å². The molecule has 0 unspecified atom stereocenters. The normalized spacial score (nSPS) is 10.2. The second kappa shape index (κ2) is 3.95. The minimum absolute atomic E-state index is 0.157. The van der Waals surface area contributed by atoms with Crippen molar-refractivity contribution >= 4 is 32.8 Å². The Kier molecular flexibility index (Phi) is 2.65. The maximum atomic E-state index is 10.5. The number of thiazole rings is 1. The molecule has 2 heterocycles. The molecule has 0 fully saturated rings. The third-order valence-electron chi connectivity index (χ3n) is 1.77. The predicted octanol–water partition coefficient (Wildman–Crippen LogP) is 2.82. The average Bonchev–Trinajstić information content (AvgIpc) is 2.86. The number of rotatable bonds is 3. The van der Waals surface area contributed by atoms with Gasteiger partial charge in [0.25, 0.3) is 0 Å². The first kappa shape index (κ1) is 10.1. The summed E-state index contributed by atoms with van der Waals surface area (Å²) in [5, 5.41) is 16.2. The van der Waals surface area contributed by atoms with Crippen LogP contribution in [-0.4, -0.2) is 17.0 Å². The Morgan fingerprint density at radius 3 is 2.93 bits per heavy atom. The highest BCUT2D eigenvalue weighted by atomic mass is 32.1. The highest BCUT2D eigenvalue weighted by Gasteiger charge is 2.12. The monoisotopic (exact) mass is 241 g/mol. The van der Waals surface area contributed by atoms with Gasteiger partial charge in [0.15, 0.2) is 5.13 Å². The molecule has 0 radical (unpaired) electrons. The molecule has 0 atom stereocenters. The van der Waals surface area contributed by atoms with Crippen LogP contribution in [0.3, 0.4) is 0 Å². The molecule has 0 aliphatic rings. The molecule has 15 heavy (non-hydrogen) atoms. The van der Waals surface area contributed by atoms with E-state index < -0.39 is 0 Å². The van der Waals surface area contributed by atoms with Crippen LogP contribution in [0.2, 0.25) is 0 Å². The molecule has 0 saturated carbocycles. The number of nitro groups is 1. The van der Waals surface area contributed by atoms with E-state index in [0.29, 0.717) is 0 Å². The van der Waals surface area contributed by atoms with Gasteiger partial charge in [0.2, 0.25) is 0 Å². The Hall–Kier alpha value is -1.47. The lowest BCUT2D eigenvalue weighted by atomic mass is 10.3. The second-order valence-corrected chi connectivity index (χ2v) is 4.63. The van der Waals surface area contributed by atoms with E-state index in [4.69, 9.17) is 0 Å². The van der Waals surface area contributed by atoms with Crippen molar-refractivity contribution in [2.45, 2.75) is 0 Å². The van der Waals surface area contributed by atoms with Crippen molar-refractivity contribution in [3.63, 3.8) is 0 Å². The van der Waals surface area contributed by atoms with Crippen LogP contribution < -0.4 is 5.32 Å². The molecule has 0 aromatic carbocycles. The minimum Gasteiger partial charge on any atom is -0.365 e. The minimum atomic E-state index is -0.381. The summed E-state index contributed by atoms with van der Waals surface area (Å²) in [6, 6.07) is 1.57. The standard InChI is InChI=1S/C8H7N3O2S2/c1-9-8-10-3-6(15-8)5-2-7(11(12)13)14-4-5/h2-4H,1H3,(H,9,10). The molecule has 7 heteroatoms. The Balaban J connectivity index is 2.32. The zero-order valence-electron chi connectivity index (χ0n) is 7.76. The van der Waals surface area contributed by atoms with E-state index in [2.05, 4.69) is 10.3 Å². The summed E-state index contributed by atoms with van der Waals surface area (Å²) < 4.78 is 0. The molecule has 5 nitrogen and oxygen atoms in total. The van der Waals surface area contributed by atoms with Crippen LogP contribution in [-0.2, 0) is 0 Å². The molecule has 0 bridgehead atoms. The van der Waals surface area contributed by atoms with Gasteiger partial charge in [-0.1, -0.05) is 22.7 Å². The topological polar surface area (TPSA) is 68.1 Å². The third kappa shape index (κ3) is 1.97. The molecule has 0 amide bonds. The fourth-order valence-corrected chi connectivity index (χ4v) is 2.63. The molecule has 0 spiro atoms. The summed E-state index contributed by atoms with van der Waals surface area (Å²) in [7, 11) is 1.79. The summed E-state index contributed by atoms with van der Waals surface area (Å²) in [5.41, 5.74) is 0.853. The van der Waals surface area contributed by atoms with Gasteiger partial charge < -0.3 is 5.32 Å². The van der Waals surface area contributed by atoms with Crippen molar-refractivity contribution in [3.05, 3.63) is 27.8 Å². The summed E-state index contributed by atoms with van der Waals surface area (Å²) in [5.74, 6) is 0. The SMILES string of the molecule is CNc1ncc(-c2csc([N+](=O)[O-])c2)s1. The van der Waals surface area contributed by atoms with Gasteiger partial charge >= 0.3 is 5.00 Å². The lowest BCUT2D eigenvalue weighted by molar-refractivity contribution is -0.380. The van der Waals surface area contributed by atoms with Crippen molar-refractivity contribution in [2.24, 2.45) is 0 Å². The maximum Gasteiger partial charge on any atom is 0.324 e. The van der Waals surface area contributed by atoms with Crippen molar-refractivity contribution < 1.29 is 4.92 Å². The van der Waals surface area contributed by atoms with Crippen molar-refractivity contribution in [2.75, 3.05) is 12.4 Å². The van der Waals surface area contributed by atoms with Crippen molar-refractivity contribution in [1.82, 2.24) is 4.98 Å². The lowest BCUT2D eigenvalue weighted by Gasteiger charge is -1.88. The fourth-order valence-electron chi connectivity index (χ4n) is 1.07. The second-order valence-electron chi connectivity index (χ2n) is 2.71. The first-order chi connectivity index (χ1) is 7.20. The Morgan fingerprint density at radius 2 is 2.40 bits per heavy atom. The summed E-state index contributed by atoms with van der Waals surface area (Å²) in [6.45, 7) is 0. The van der Waals surface area contributed by atoms with Gasteiger partial charge in [0.1, 0.15) is 0 Å². The van der Waals surface area contributed by atoms with Crippen LogP contribution in [0.15, 0.2) is 17.6 Å². The van der Waals surface area contributed by atoms with Gasteiger partial charge in [-0.15, -0.1) is 0 Å². The summed E-state index contributed by atoms with van der Waals surface area (Å²) in [4.78, 5) is 15.2. The molecule has 0 aliphatic heterocycles. The van der Waals surface area contributed by atoms with E-state index >= 15 is 0 Å². The molecular weight excluding hydrogens is 234 g/mol. The third-order valence-corrected chi connectivity index (χ3v) is 3.71. The van der Waals surface area contributed by atoms with Crippen LogP contribution in [0.1, 0.15) is 0 Å². The number of anilines is 1. The van der Waals surface area contributed by atoms with Gasteiger partial charge in [0.05, 0.1) is 9.80 Å². The van der Waals surface area contributed by atoms with Crippen LogP contribution in [0.5, 0.6) is 0 Å². The molecule has 2 aromatic heterocycles. The summed E-state index contributed by atoms with van der Waals surface area (Å²) >= 11 is 2.60. The molecule has 2 aromatic rings. The Morgan fingerprint density at radius 1 is 1.60 bits per heavy atom. The molecular formula is C8H7N3O2S2. The van der Waals surface area contributed by atoms with E-state index in [9.17, 15) is 10.1 Å². The number of nitrogens with zero attached hydrogens (tertiary/aromatic N) is 2. The number of nitrogens with one attached hydrogen (secondary N) is 1. The summed E-state index contributed by atoms with van der Waals surface area (Å²) in [6.07, 6.45) is 1.71. The number of thiophene rings is 1. The fraction of sp³-hybridized carbons (Fsp3) is 0.125. The molecule has 0 saturated heterocycles. The highest BCUT2D eigenvalue weighted by Crippen LogP contribution is 2.34. The maximum absolute atomic E-state index is 10.5. The zero-order chi connectivity index (χ0) is 10.8. The highest BCUT2D eigenvalue weighted by molar-refractivity contribution is 7.19. The van der Waals surface area contributed by atoms with E-state index in [1.54, 1.807) is 24.7 Å². The van der Waals surface area contributed by atoms with Crippen LogP contribution >= 0.6 is 22.7 Å². The first-order valence-corrected chi connectivity index (χ1v) is 5.77. The van der Waals surface area contributed by atoms with E-state index in [1.165, 1.54) is 11.3 Å². The quantitative estimate of drug-likeness (QED) is 0.662. The van der Waals surface area contributed by atoms with Crippen molar-refractivity contribution in [3.8, 4) is 10.4 Å².